The van der Waals surface area contributed by atoms with Gasteiger partial charge in [-0.1, -0.05) is 33.1 Å². The van der Waals surface area contributed by atoms with Crippen LogP contribution in [0.3, 0.4) is 0 Å². The molecule has 0 bridgehead atoms. The second-order valence-corrected chi connectivity index (χ2v) is 8.65. The van der Waals surface area contributed by atoms with Crippen LogP contribution in [-0.4, -0.2) is 18.9 Å². The minimum Gasteiger partial charge on any atom is -0.461 e. The van der Waals surface area contributed by atoms with Crippen molar-refractivity contribution in [1.29, 1.82) is 0 Å². The van der Waals surface area contributed by atoms with E-state index in [0.29, 0.717) is 22.3 Å². The quantitative estimate of drug-likeness (QED) is 0.406. The normalized spacial score (nSPS) is 12.5. The van der Waals surface area contributed by atoms with E-state index in [4.69, 9.17) is 4.74 Å². The molecule has 0 aliphatic heterocycles. The number of carbonyl (C=O) groups is 2. The third kappa shape index (κ3) is 3.97. The molecule has 2 aromatic rings. The van der Waals surface area contributed by atoms with Crippen LogP contribution in [0.2, 0.25) is 0 Å². The molecule has 3 nitrogen and oxygen atoms in total. The average molecular weight is 403 g/mol. The number of ether oxygens (including phenoxy) is 1. The summed E-state index contributed by atoms with van der Waals surface area (Å²) in [6.07, 6.45) is 5.28. The number of hydrogen-bond acceptors (Lipinski definition) is 5. The predicted molar refractivity (Wildman–Crippen MR) is 96.4 cm³/mol. The maximum atomic E-state index is 12.2. The standard InChI is InChI=1S/C16H19BrO3S2/c1-3-5-6-10(4-2)9-20-16(19)12-7-11-14(21-12)13(8-18)22-15(11)17/h7-8,10H,3-6,9H2,1-2H3. The van der Waals surface area contributed by atoms with Gasteiger partial charge in [0.2, 0.25) is 0 Å². The smallest absolute Gasteiger partial charge is 0.348 e. The number of carbonyl (C=O) groups excluding carboxylic acids is 2. The summed E-state index contributed by atoms with van der Waals surface area (Å²) in [5.74, 6) is 0.145. The van der Waals surface area contributed by atoms with Crippen molar-refractivity contribution < 1.29 is 14.3 Å². The van der Waals surface area contributed by atoms with E-state index in [-0.39, 0.29) is 5.97 Å². The molecule has 2 rings (SSSR count). The lowest BCUT2D eigenvalue weighted by Gasteiger charge is -2.14. The van der Waals surface area contributed by atoms with E-state index in [2.05, 4.69) is 29.8 Å². The maximum absolute atomic E-state index is 12.2. The molecule has 1 unspecified atom stereocenters. The number of halogens is 1. The molecule has 120 valence electrons. The van der Waals surface area contributed by atoms with Gasteiger partial charge in [0.05, 0.1) is 20.0 Å². The maximum Gasteiger partial charge on any atom is 0.348 e. The molecule has 0 fully saturated rings. The van der Waals surface area contributed by atoms with E-state index in [1.807, 2.05) is 6.07 Å². The lowest BCUT2D eigenvalue weighted by atomic mass is 10.0. The molecule has 1 atom stereocenters. The zero-order valence-electron chi connectivity index (χ0n) is 12.7. The lowest BCUT2D eigenvalue weighted by Crippen LogP contribution is -2.13. The number of aldehydes is 1. The summed E-state index contributed by atoms with van der Waals surface area (Å²) in [6, 6.07) is 1.81. The van der Waals surface area contributed by atoms with Crippen LogP contribution in [0.1, 0.15) is 58.9 Å². The summed E-state index contributed by atoms with van der Waals surface area (Å²) in [6.45, 7) is 4.77. The molecule has 6 heteroatoms. The Morgan fingerprint density at radius 3 is 2.82 bits per heavy atom. The van der Waals surface area contributed by atoms with E-state index in [1.165, 1.54) is 29.1 Å². The monoisotopic (exact) mass is 402 g/mol. The third-order valence-corrected chi connectivity index (χ3v) is 6.78. The van der Waals surface area contributed by atoms with Crippen LogP contribution in [0.15, 0.2) is 9.85 Å². The molecule has 22 heavy (non-hydrogen) atoms. The van der Waals surface area contributed by atoms with Crippen LogP contribution in [0, 0.1) is 5.92 Å². The molecule has 0 spiro atoms. The van der Waals surface area contributed by atoms with Gasteiger partial charge in [0.1, 0.15) is 4.88 Å². The van der Waals surface area contributed by atoms with Gasteiger partial charge >= 0.3 is 5.97 Å². The topological polar surface area (TPSA) is 43.4 Å². The van der Waals surface area contributed by atoms with E-state index in [0.717, 1.165) is 39.4 Å². The molecule has 0 N–H and O–H groups in total. The predicted octanol–water partition coefficient (Wildman–Crippen LogP) is 5.91. The largest absolute Gasteiger partial charge is 0.461 e. The molecule has 0 saturated carbocycles. The minimum atomic E-state index is -0.287. The van der Waals surface area contributed by atoms with Gasteiger partial charge in [-0.2, -0.15) is 0 Å². The van der Waals surface area contributed by atoms with Crippen LogP contribution in [0.5, 0.6) is 0 Å². The van der Waals surface area contributed by atoms with Gasteiger partial charge < -0.3 is 4.74 Å². The van der Waals surface area contributed by atoms with Crippen molar-refractivity contribution in [2.24, 2.45) is 5.92 Å². The Bertz CT molecular complexity index is 660. The Kier molecular flexibility index (Phi) is 6.59. The summed E-state index contributed by atoms with van der Waals surface area (Å²) >= 11 is 6.16. The summed E-state index contributed by atoms with van der Waals surface area (Å²) < 4.78 is 7.20. The molecule has 2 aromatic heterocycles. The van der Waals surface area contributed by atoms with Crippen LogP contribution in [0.4, 0.5) is 0 Å². The molecular formula is C16H19BrO3S2. The van der Waals surface area contributed by atoms with E-state index in [9.17, 15) is 9.59 Å². The second kappa shape index (κ2) is 8.22. The van der Waals surface area contributed by atoms with E-state index >= 15 is 0 Å². The van der Waals surface area contributed by atoms with E-state index < -0.39 is 0 Å². The van der Waals surface area contributed by atoms with Crippen LogP contribution in [-0.2, 0) is 4.74 Å². The van der Waals surface area contributed by atoms with Gasteiger partial charge in [-0.3, -0.25) is 4.79 Å². The highest BCUT2D eigenvalue weighted by molar-refractivity contribution is 9.11. The summed E-state index contributed by atoms with van der Waals surface area (Å²) in [4.78, 5) is 24.5. The number of thiophene rings is 2. The Balaban J connectivity index is 2.05. The van der Waals surface area contributed by atoms with Crippen LogP contribution in [0.25, 0.3) is 10.1 Å². The Labute approximate surface area is 146 Å². The van der Waals surface area contributed by atoms with Crippen molar-refractivity contribution >= 4 is 60.9 Å². The third-order valence-electron chi connectivity index (χ3n) is 3.67. The highest BCUT2D eigenvalue weighted by Gasteiger charge is 2.19. The van der Waals surface area contributed by atoms with Crippen molar-refractivity contribution in [3.63, 3.8) is 0 Å². The fraction of sp³-hybridized carbons (Fsp3) is 0.500. The molecule has 0 aromatic carbocycles. The van der Waals surface area contributed by atoms with Gasteiger partial charge in [0.25, 0.3) is 0 Å². The van der Waals surface area contributed by atoms with Crippen molar-refractivity contribution in [2.75, 3.05) is 6.61 Å². The Morgan fingerprint density at radius 1 is 1.41 bits per heavy atom. The highest BCUT2D eigenvalue weighted by atomic mass is 79.9. The van der Waals surface area contributed by atoms with Crippen molar-refractivity contribution in [3.05, 3.63) is 19.6 Å². The zero-order valence-corrected chi connectivity index (χ0v) is 15.9. The zero-order chi connectivity index (χ0) is 16.1. The first kappa shape index (κ1) is 17.6. The van der Waals surface area contributed by atoms with Crippen molar-refractivity contribution in [2.45, 2.75) is 39.5 Å². The van der Waals surface area contributed by atoms with Crippen LogP contribution < -0.4 is 0 Å². The summed E-state index contributed by atoms with van der Waals surface area (Å²) in [7, 11) is 0. The molecule has 0 radical (unpaired) electrons. The van der Waals surface area contributed by atoms with Gasteiger partial charge in [-0.15, -0.1) is 22.7 Å². The van der Waals surface area contributed by atoms with Crippen molar-refractivity contribution in [3.8, 4) is 0 Å². The first-order valence-electron chi connectivity index (χ1n) is 7.44. The Morgan fingerprint density at radius 2 is 2.18 bits per heavy atom. The number of hydrogen-bond donors (Lipinski definition) is 0. The highest BCUT2D eigenvalue weighted by Crippen LogP contribution is 2.40. The summed E-state index contributed by atoms with van der Waals surface area (Å²) in [5.41, 5.74) is 0. The number of fused-ring (bicyclic) bond motifs is 1. The Hall–Kier alpha value is -0.720. The molecule has 0 saturated heterocycles. The molecule has 0 aliphatic rings. The van der Waals surface area contributed by atoms with Gasteiger partial charge in [-0.05, 0) is 34.3 Å². The second-order valence-electron chi connectivity index (χ2n) is 5.23. The van der Waals surface area contributed by atoms with Crippen molar-refractivity contribution in [1.82, 2.24) is 0 Å². The van der Waals surface area contributed by atoms with Gasteiger partial charge in [0, 0.05) is 5.39 Å². The molecule has 2 heterocycles. The minimum absolute atomic E-state index is 0.287. The SMILES string of the molecule is CCCCC(CC)COC(=O)c1cc2c(Br)sc(C=O)c2s1. The van der Waals surface area contributed by atoms with Crippen LogP contribution >= 0.6 is 38.6 Å². The van der Waals surface area contributed by atoms with E-state index in [1.54, 1.807) is 0 Å². The average Bonchev–Trinajstić information content (AvgIpc) is 3.08. The molecule has 0 aliphatic carbocycles. The fourth-order valence-corrected chi connectivity index (χ4v) is 5.21. The van der Waals surface area contributed by atoms with Gasteiger partial charge in [-0.25, -0.2) is 4.79 Å². The lowest BCUT2D eigenvalue weighted by molar-refractivity contribution is 0.0434. The first-order chi connectivity index (χ1) is 10.6. The number of esters is 1. The first-order valence-corrected chi connectivity index (χ1v) is 9.87. The van der Waals surface area contributed by atoms with Gasteiger partial charge in [0.15, 0.2) is 6.29 Å². The summed E-state index contributed by atoms with van der Waals surface area (Å²) in [5, 5.41) is 0.919. The molecule has 0 amide bonds. The molecular weight excluding hydrogens is 384 g/mol. The number of unbranched alkanes of at least 4 members (excludes halogenated alkanes) is 1. The fourth-order valence-electron chi connectivity index (χ4n) is 2.26. The number of rotatable bonds is 8.